The Bertz CT molecular complexity index is 1310. The molecule has 0 spiro atoms. The molecule has 1 atom stereocenters. The van der Waals surface area contributed by atoms with Crippen molar-refractivity contribution in [2.45, 2.75) is 38.6 Å². The minimum absolute atomic E-state index is 0.218. The largest absolute Gasteiger partial charge is 0.508 e. The first-order valence-electron chi connectivity index (χ1n) is 13.2. The van der Waals surface area contributed by atoms with Crippen molar-refractivity contribution < 1.29 is 28.8 Å². The van der Waals surface area contributed by atoms with Crippen molar-refractivity contribution in [3.63, 3.8) is 0 Å². The van der Waals surface area contributed by atoms with Crippen molar-refractivity contribution >= 4 is 17.4 Å². The number of carbonyl (C=O) groups excluding carboxylic acids is 1. The van der Waals surface area contributed by atoms with Crippen LogP contribution in [0.5, 0.6) is 28.7 Å². The Hall–Kier alpha value is -3.42. The van der Waals surface area contributed by atoms with E-state index in [0.717, 1.165) is 35.2 Å². The fourth-order valence-electron chi connectivity index (χ4n) is 5.11. The molecular weight excluding hydrogens is 518 g/mol. The van der Waals surface area contributed by atoms with Crippen LogP contribution < -0.4 is 18.9 Å². The number of aromatic hydroxyl groups is 1. The molecule has 208 valence electrons. The molecule has 0 radical (unpaired) electrons. The second-order valence-electron chi connectivity index (χ2n) is 9.51. The number of Topliss-reactive ketones (excluding diaryl/α,β-unsaturated/α-hetero) is 1. The lowest BCUT2D eigenvalue weighted by atomic mass is 9.87. The molecule has 1 unspecified atom stereocenters. The van der Waals surface area contributed by atoms with E-state index in [4.69, 9.17) is 30.5 Å². The summed E-state index contributed by atoms with van der Waals surface area (Å²) in [5.41, 5.74) is 4.04. The van der Waals surface area contributed by atoms with Gasteiger partial charge in [0.2, 0.25) is 0 Å². The highest BCUT2D eigenvalue weighted by molar-refractivity contribution is 6.33. The highest BCUT2D eigenvalue weighted by Crippen LogP contribution is 2.47. The molecule has 3 aromatic carbocycles. The predicted octanol–water partition coefficient (Wildman–Crippen LogP) is 6.01. The second-order valence-corrected chi connectivity index (χ2v) is 9.88. The van der Waals surface area contributed by atoms with Crippen LogP contribution in [0.2, 0.25) is 5.02 Å². The summed E-state index contributed by atoms with van der Waals surface area (Å²) in [6.45, 7) is 3.68. The number of phenolic OH excluding ortho intramolecular Hbond substituents is 1. The number of benzene rings is 3. The monoisotopic (exact) mass is 553 g/mol. The van der Waals surface area contributed by atoms with Gasteiger partial charge in [0.15, 0.2) is 23.0 Å². The van der Waals surface area contributed by atoms with E-state index in [1.165, 1.54) is 0 Å². The first-order valence-corrected chi connectivity index (χ1v) is 13.6. The molecule has 7 nitrogen and oxygen atoms in total. The van der Waals surface area contributed by atoms with Crippen LogP contribution in [0.25, 0.3) is 0 Å². The van der Waals surface area contributed by atoms with Crippen molar-refractivity contribution in [3.05, 3.63) is 75.8 Å². The SMILES string of the molecule is CCC(=O)CCN1CCc2cc(OC)c(OCCc3cccc(O)c3)cc2C1c1ccc(OC)c(OC)c1Cl. The molecule has 0 fully saturated rings. The molecule has 0 aliphatic carbocycles. The van der Waals surface area contributed by atoms with Crippen LogP contribution in [-0.2, 0) is 17.6 Å². The minimum atomic E-state index is -0.218. The van der Waals surface area contributed by atoms with E-state index >= 15 is 0 Å². The average molecular weight is 554 g/mol. The first kappa shape index (κ1) is 28.6. The van der Waals surface area contributed by atoms with Crippen molar-refractivity contribution in [2.24, 2.45) is 0 Å². The Morgan fingerprint density at radius 1 is 1.00 bits per heavy atom. The van der Waals surface area contributed by atoms with Gasteiger partial charge in [0.1, 0.15) is 11.5 Å². The van der Waals surface area contributed by atoms with Gasteiger partial charge in [-0.15, -0.1) is 0 Å². The number of halogens is 1. The third-order valence-electron chi connectivity index (χ3n) is 7.19. The van der Waals surface area contributed by atoms with Crippen LogP contribution in [0.15, 0.2) is 48.5 Å². The number of phenols is 1. The summed E-state index contributed by atoms with van der Waals surface area (Å²) in [4.78, 5) is 14.5. The number of rotatable bonds is 12. The van der Waals surface area contributed by atoms with Gasteiger partial charge in [0.25, 0.3) is 0 Å². The Balaban J connectivity index is 1.73. The minimum Gasteiger partial charge on any atom is -0.508 e. The number of hydrogen-bond donors (Lipinski definition) is 1. The van der Waals surface area contributed by atoms with Gasteiger partial charge in [0, 0.05) is 32.4 Å². The molecule has 39 heavy (non-hydrogen) atoms. The fourth-order valence-corrected chi connectivity index (χ4v) is 5.44. The Morgan fingerprint density at radius 3 is 2.49 bits per heavy atom. The number of ether oxygens (including phenoxy) is 4. The lowest BCUT2D eigenvalue weighted by Gasteiger charge is -2.38. The maximum atomic E-state index is 12.2. The number of methoxy groups -OCH3 is 3. The van der Waals surface area contributed by atoms with Crippen molar-refractivity contribution in [3.8, 4) is 28.7 Å². The summed E-state index contributed by atoms with van der Waals surface area (Å²) in [6.07, 6.45) is 2.42. The predicted molar refractivity (Wildman–Crippen MR) is 152 cm³/mol. The molecule has 1 N–H and O–H groups in total. The molecule has 0 aromatic heterocycles. The van der Waals surface area contributed by atoms with Crippen LogP contribution in [-0.4, -0.2) is 56.8 Å². The third kappa shape index (κ3) is 6.43. The molecule has 8 heteroatoms. The quantitative estimate of drug-likeness (QED) is 0.294. The highest BCUT2D eigenvalue weighted by atomic mass is 35.5. The van der Waals surface area contributed by atoms with Crippen molar-refractivity contribution in [2.75, 3.05) is 41.0 Å². The van der Waals surface area contributed by atoms with E-state index in [2.05, 4.69) is 4.90 Å². The molecule has 4 rings (SSSR count). The number of hydrogen-bond acceptors (Lipinski definition) is 7. The molecule has 1 heterocycles. The van der Waals surface area contributed by atoms with Crippen LogP contribution in [0.1, 0.15) is 48.1 Å². The lowest BCUT2D eigenvalue weighted by molar-refractivity contribution is -0.119. The molecule has 1 aliphatic heterocycles. The van der Waals surface area contributed by atoms with E-state index < -0.39 is 0 Å². The number of ketones is 1. The lowest BCUT2D eigenvalue weighted by Crippen LogP contribution is -2.37. The van der Waals surface area contributed by atoms with Gasteiger partial charge >= 0.3 is 0 Å². The van der Waals surface area contributed by atoms with Gasteiger partial charge < -0.3 is 24.1 Å². The molecule has 1 aliphatic rings. The Kier molecular flexibility index (Phi) is 9.59. The van der Waals surface area contributed by atoms with Gasteiger partial charge in [-0.25, -0.2) is 0 Å². The smallest absolute Gasteiger partial charge is 0.179 e. The van der Waals surface area contributed by atoms with E-state index in [1.807, 2.05) is 43.3 Å². The maximum absolute atomic E-state index is 12.2. The zero-order valence-electron chi connectivity index (χ0n) is 23.0. The second kappa shape index (κ2) is 13.1. The number of fused-ring (bicyclic) bond motifs is 1. The molecule has 3 aromatic rings. The Morgan fingerprint density at radius 2 is 1.79 bits per heavy atom. The standard InChI is InChI=1S/C31H36ClNO6/c1-5-22(34)12-15-33-14-11-21-18-27(37-3)28(39-16-13-20-7-6-8-23(35)17-20)19-25(21)30(33)24-9-10-26(36-2)31(38-4)29(24)32/h6-10,17-19,30,35H,5,11-16H2,1-4H3. The zero-order chi connectivity index (χ0) is 27.9. The highest BCUT2D eigenvalue weighted by Gasteiger charge is 2.33. The summed E-state index contributed by atoms with van der Waals surface area (Å²) in [7, 11) is 4.79. The molecule has 0 saturated heterocycles. The molecule has 0 bridgehead atoms. The van der Waals surface area contributed by atoms with Gasteiger partial charge in [-0.05, 0) is 59.0 Å². The first-order chi connectivity index (χ1) is 18.9. The van der Waals surface area contributed by atoms with Crippen LogP contribution in [0.4, 0.5) is 0 Å². The van der Waals surface area contributed by atoms with Gasteiger partial charge in [0.05, 0.1) is 39.0 Å². The maximum Gasteiger partial charge on any atom is 0.179 e. The van der Waals surface area contributed by atoms with Crippen LogP contribution >= 0.6 is 11.6 Å². The summed E-state index contributed by atoms with van der Waals surface area (Å²) >= 11 is 6.94. The topological polar surface area (TPSA) is 77.5 Å². The average Bonchev–Trinajstić information content (AvgIpc) is 2.95. The van der Waals surface area contributed by atoms with E-state index in [1.54, 1.807) is 33.5 Å². The Labute approximate surface area is 235 Å². The normalized spacial score (nSPS) is 14.9. The number of nitrogens with zero attached hydrogens (tertiary/aromatic N) is 1. The van der Waals surface area contributed by atoms with Gasteiger partial charge in [-0.2, -0.15) is 0 Å². The molecule has 0 amide bonds. The van der Waals surface area contributed by atoms with E-state index in [0.29, 0.717) is 60.4 Å². The summed E-state index contributed by atoms with van der Waals surface area (Å²) in [5, 5.41) is 10.3. The van der Waals surface area contributed by atoms with Crippen LogP contribution in [0.3, 0.4) is 0 Å². The van der Waals surface area contributed by atoms with Gasteiger partial charge in [-0.3, -0.25) is 9.69 Å². The fraction of sp³-hybridized carbons (Fsp3) is 0.387. The van der Waals surface area contributed by atoms with Gasteiger partial charge in [-0.1, -0.05) is 36.7 Å². The zero-order valence-corrected chi connectivity index (χ0v) is 23.7. The summed E-state index contributed by atoms with van der Waals surface area (Å²) < 4.78 is 23.0. The van der Waals surface area contributed by atoms with Crippen LogP contribution in [0, 0.1) is 0 Å². The van der Waals surface area contributed by atoms with E-state index in [9.17, 15) is 9.90 Å². The summed E-state index contributed by atoms with van der Waals surface area (Å²) in [5.74, 6) is 2.78. The molecule has 0 saturated carbocycles. The van der Waals surface area contributed by atoms with Crippen molar-refractivity contribution in [1.29, 1.82) is 0 Å². The third-order valence-corrected chi connectivity index (χ3v) is 7.58. The summed E-state index contributed by atoms with van der Waals surface area (Å²) in [6, 6.07) is 14.8. The van der Waals surface area contributed by atoms with Crippen molar-refractivity contribution in [1.82, 2.24) is 4.90 Å². The number of carbonyl (C=O) groups is 1. The molecular formula is C31H36ClNO6. The van der Waals surface area contributed by atoms with E-state index in [-0.39, 0.29) is 17.6 Å².